The number of carbonyl (C=O) groups excluding carboxylic acids is 5. The van der Waals surface area contributed by atoms with Gasteiger partial charge in [0.25, 0.3) is 11.1 Å². The Bertz CT molecular complexity index is 856. The molecule has 1 aromatic rings. The maximum atomic E-state index is 12.2. The van der Waals surface area contributed by atoms with Gasteiger partial charge in [-0.2, -0.15) is 5.10 Å². The number of amides is 4. The SMILES string of the molecule is O=C(COC(=O)C1=NN(c2ccccc2)C(=O)CC1)NCCN1C(=O)CSC1=O. The van der Waals surface area contributed by atoms with Crippen molar-refractivity contribution in [3.63, 3.8) is 0 Å². The van der Waals surface area contributed by atoms with Crippen LogP contribution in [0.1, 0.15) is 12.8 Å². The van der Waals surface area contributed by atoms with Crippen LogP contribution in [0, 0.1) is 0 Å². The third-order valence-corrected chi connectivity index (χ3v) is 4.96. The minimum atomic E-state index is -0.783. The van der Waals surface area contributed by atoms with Crippen LogP contribution in [0.2, 0.25) is 0 Å². The predicted molar refractivity (Wildman–Crippen MR) is 104 cm³/mol. The molecule has 152 valence electrons. The molecule has 4 amide bonds. The lowest BCUT2D eigenvalue weighted by atomic mass is 10.1. The molecule has 0 aromatic heterocycles. The highest BCUT2D eigenvalue weighted by atomic mass is 32.2. The standard InChI is InChI=1S/C18H18N4O6S/c23-14(19-8-9-21-16(25)11-29-18(21)27)10-28-17(26)13-6-7-15(24)22(20-13)12-4-2-1-3-5-12/h1-5H,6-11H2,(H,19,23). The topological polar surface area (TPSA) is 125 Å². The van der Waals surface area contributed by atoms with Gasteiger partial charge in [0, 0.05) is 25.9 Å². The summed E-state index contributed by atoms with van der Waals surface area (Å²) in [5.74, 6) is -1.79. The van der Waals surface area contributed by atoms with Gasteiger partial charge in [-0.3, -0.25) is 24.1 Å². The fraction of sp³-hybridized carbons (Fsp3) is 0.333. The van der Waals surface area contributed by atoms with Gasteiger partial charge in [0.2, 0.25) is 11.8 Å². The first kappa shape index (κ1) is 20.5. The first-order valence-electron chi connectivity index (χ1n) is 8.82. The summed E-state index contributed by atoms with van der Waals surface area (Å²) in [5.41, 5.74) is 0.580. The third-order valence-electron chi connectivity index (χ3n) is 4.10. The van der Waals surface area contributed by atoms with E-state index in [1.807, 2.05) is 0 Å². The fourth-order valence-electron chi connectivity index (χ4n) is 2.64. The number of benzene rings is 1. The van der Waals surface area contributed by atoms with Crippen molar-refractivity contribution in [2.75, 3.05) is 30.5 Å². The lowest BCUT2D eigenvalue weighted by Crippen LogP contribution is -2.39. The summed E-state index contributed by atoms with van der Waals surface area (Å²) in [4.78, 5) is 60.0. The van der Waals surface area contributed by atoms with E-state index in [0.717, 1.165) is 21.7 Å². The van der Waals surface area contributed by atoms with E-state index in [4.69, 9.17) is 4.74 Å². The Kier molecular flexibility index (Phi) is 6.60. The van der Waals surface area contributed by atoms with Crippen molar-refractivity contribution < 1.29 is 28.7 Å². The molecule has 1 saturated heterocycles. The van der Waals surface area contributed by atoms with Crippen LogP contribution in [0.5, 0.6) is 0 Å². The van der Waals surface area contributed by atoms with Crippen molar-refractivity contribution in [2.24, 2.45) is 5.10 Å². The highest BCUT2D eigenvalue weighted by Gasteiger charge is 2.29. The van der Waals surface area contributed by atoms with Gasteiger partial charge in [0.1, 0.15) is 5.71 Å². The normalized spacial score (nSPS) is 16.7. The number of thioether (sulfide) groups is 1. The van der Waals surface area contributed by atoms with Crippen LogP contribution in [-0.4, -0.2) is 65.0 Å². The molecular formula is C18H18N4O6S. The summed E-state index contributed by atoms with van der Waals surface area (Å²) in [5, 5.41) is 7.32. The number of hydrazone groups is 1. The summed E-state index contributed by atoms with van der Waals surface area (Å²) in [6.07, 6.45) is 0.227. The molecule has 1 fully saturated rings. The second-order valence-corrected chi connectivity index (χ2v) is 7.04. The zero-order chi connectivity index (χ0) is 20.8. The number of esters is 1. The van der Waals surface area contributed by atoms with Crippen molar-refractivity contribution >= 4 is 52.1 Å². The minimum absolute atomic E-state index is 0.0477. The van der Waals surface area contributed by atoms with Gasteiger partial charge >= 0.3 is 5.97 Å². The molecule has 2 heterocycles. The van der Waals surface area contributed by atoms with Gasteiger partial charge < -0.3 is 10.1 Å². The number of para-hydroxylation sites is 1. The van der Waals surface area contributed by atoms with Crippen LogP contribution in [-0.2, 0) is 23.9 Å². The lowest BCUT2D eigenvalue weighted by molar-refractivity contribution is -0.142. The van der Waals surface area contributed by atoms with Crippen molar-refractivity contribution in [3.8, 4) is 0 Å². The quantitative estimate of drug-likeness (QED) is 0.640. The van der Waals surface area contributed by atoms with Crippen LogP contribution < -0.4 is 10.3 Å². The van der Waals surface area contributed by atoms with E-state index in [2.05, 4.69) is 10.4 Å². The molecule has 11 heteroatoms. The van der Waals surface area contributed by atoms with E-state index in [9.17, 15) is 24.0 Å². The number of hydrogen-bond acceptors (Lipinski definition) is 8. The zero-order valence-electron chi connectivity index (χ0n) is 15.3. The average Bonchev–Trinajstić information content (AvgIpc) is 3.05. The Hall–Kier alpha value is -3.21. The van der Waals surface area contributed by atoms with Crippen LogP contribution in [0.25, 0.3) is 0 Å². The zero-order valence-corrected chi connectivity index (χ0v) is 16.1. The van der Waals surface area contributed by atoms with Gasteiger partial charge in [-0.05, 0) is 12.1 Å². The number of ether oxygens (including phenoxy) is 1. The van der Waals surface area contributed by atoms with Gasteiger partial charge in [-0.25, -0.2) is 9.80 Å². The largest absolute Gasteiger partial charge is 0.451 e. The molecule has 0 spiro atoms. The predicted octanol–water partition coefficient (Wildman–Crippen LogP) is 0.524. The van der Waals surface area contributed by atoms with E-state index < -0.39 is 18.5 Å². The smallest absolute Gasteiger partial charge is 0.355 e. The molecule has 0 saturated carbocycles. The van der Waals surface area contributed by atoms with Crippen LogP contribution in [0.15, 0.2) is 35.4 Å². The Morgan fingerprint density at radius 2 is 1.86 bits per heavy atom. The number of nitrogens with zero attached hydrogens (tertiary/aromatic N) is 3. The molecule has 0 aliphatic carbocycles. The summed E-state index contributed by atoms with van der Waals surface area (Å²) in [7, 11) is 0. The van der Waals surface area contributed by atoms with E-state index in [1.165, 1.54) is 0 Å². The molecule has 3 rings (SSSR count). The summed E-state index contributed by atoms with van der Waals surface area (Å²) in [6.45, 7) is -0.412. The molecule has 2 aliphatic rings. The van der Waals surface area contributed by atoms with Gasteiger partial charge in [-0.1, -0.05) is 30.0 Å². The Labute approximate surface area is 170 Å². The maximum Gasteiger partial charge on any atom is 0.355 e. The van der Waals surface area contributed by atoms with E-state index in [1.54, 1.807) is 30.3 Å². The molecule has 1 N–H and O–H groups in total. The van der Waals surface area contributed by atoms with Gasteiger partial charge in [-0.15, -0.1) is 0 Å². The monoisotopic (exact) mass is 418 g/mol. The number of carbonyl (C=O) groups is 5. The number of imide groups is 1. The second kappa shape index (κ2) is 9.32. The second-order valence-electron chi connectivity index (χ2n) is 6.11. The first-order valence-corrected chi connectivity index (χ1v) is 9.80. The van der Waals surface area contributed by atoms with E-state index >= 15 is 0 Å². The Morgan fingerprint density at radius 3 is 2.55 bits per heavy atom. The Balaban J connectivity index is 1.47. The number of hydrogen-bond donors (Lipinski definition) is 1. The number of anilines is 1. The molecule has 0 bridgehead atoms. The molecular weight excluding hydrogens is 400 g/mol. The number of rotatable bonds is 7. The van der Waals surface area contributed by atoms with E-state index in [0.29, 0.717) is 5.69 Å². The van der Waals surface area contributed by atoms with Crippen LogP contribution in [0.3, 0.4) is 0 Å². The van der Waals surface area contributed by atoms with Crippen molar-refractivity contribution in [2.45, 2.75) is 12.8 Å². The molecule has 10 nitrogen and oxygen atoms in total. The third kappa shape index (κ3) is 5.19. The van der Waals surface area contributed by atoms with Crippen LogP contribution in [0.4, 0.5) is 10.5 Å². The molecule has 29 heavy (non-hydrogen) atoms. The van der Waals surface area contributed by atoms with Crippen molar-refractivity contribution in [3.05, 3.63) is 30.3 Å². The minimum Gasteiger partial charge on any atom is -0.451 e. The van der Waals surface area contributed by atoms with Crippen molar-refractivity contribution in [1.29, 1.82) is 0 Å². The maximum absolute atomic E-state index is 12.2. The van der Waals surface area contributed by atoms with E-state index in [-0.39, 0.29) is 54.4 Å². The van der Waals surface area contributed by atoms with Crippen LogP contribution >= 0.6 is 11.8 Å². The summed E-state index contributed by atoms with van der Waals surface area (Å²) < 4.78 is 4.96. The molecule has 1 aromatic carbocycles. The van der Waals surface area contributed by atoms with Gasteiger partial charge in [0.05, 0.1) is 11.4 Å². The molecule has 2 aliphatic heterocycles. The highest BCUT2D eigenvalue weighted by Crippen LogP contribution is 2.20. The highest BCUT2D eigenvalue weighted by molar-refractivity contribution is 8.14. The van der Waals surface area contributed by atoms with Gasteiger partial charge in [0.15, 0.2) is 6.61 Å². The number of nitrogens with one attached hydrogen (secondary N) is 1. The lowest BCUT2D eigenvalue weighted by Gasteiger charge is -2.22. The fourth-order valence-corrected chi connectivity index (χ4v) is 3.39. The molecule has 0 radical (unpaired) electrons. The summed E-state index contributed by atoms with van der Waals surface area (Å²) in [6, 6.07) is 8.67. The molecule has 0 unspecified atom stereocenters. The molecule has 0 atom stereocenters. The Morgan fingerprint density at radius 1 is 1.10 bits per heavy atom. The first-order chi connectivity index (χ1) is 14.0. The summed E-state index contributed by atoms with van der Waals surface area (Å²) >= 11 is 0.915. The van der Waals surface area contributed by atoms with Crippen molar-refractivity contribution in [1.82, 2.24) is 10.2 Å². The average molecular weight is 418 g/mol.